The number of aromatic nitrogens is 2. The highest BCUT2D eigenvalue weighted by molar-refractivity contribution is 6.33. The van der Waals surface area contributed by atoms with Crippen LogP contribution in [0.25, 0.3) is 16.9 Å². The van der Waals surface area contributed by atoms with Gasteiger partial charge in [0.15, 0.2) is 0 Å². The Morgan fingerprint density at radius 3 is 2.39 bits per heavy atom. The molecule has 2 aromatic carbocycles. The zero-order chi connectivity index (χ0) is 22.4. The average molecular weight is 460 g/mol. The van der Waals surface area contributed by atoms with Crippen molar-refractivity contribution in [1.82, 2.24) is 9.78 Å². The van der Waals surface area contributed by atoms with Gasteiger partial charge in [0.25, 0.3) is 0 Å². The number of halogens is 7. The molecule has 0 saturated heterocycles. The highest BCUT2D eigenvalue weighted by atomic mass is 35.5. The van der Waals surface area contributed by atoms with Gasteiger partial charge in [0, 0.05) is 17.7 Å². The Labute approximate surface area is 178 Å². The summed E-state index contributed by atoms with van der Waals surface area (Å²) in [7, 11) is 0. The normalized spacial score (nSPS) is 14.7. The van der Waals surface area contributed by atoms with Crippen LogP contribution in [0.4, 0.5) is 32.2 Å². The van der Waals surface area contributed by atoms with Crippen molar-refractivity contribution in [3.05, 3.63) is 64.2 Å². The first kappa shape index (κ1) is 21.5. The highest BCUT2D eigenvalue weighted by Crippen LogP contribution is 2.42. The molecule has 4 rings (SSSR count). The van der Waals surface area contributed by atoms with Crippen LogP contribution in [0, 0.1) is 0 Å². The fourth-order valence-corrected chi connectivity index (χ4v) is 3.88. The number of nitrogens with one attached hydrogen (secondary N) is 1. The fourth-order valence-electron chi connectivity index (χ4n) is 3.67. The Bertz CT molecular complexity index is 1120. The van der Waals surface area contributed by atoms with E-state index in [0.29, 0.717) is 30.8 Å². The summed E-state index contributed by atoms with van der Waals surface area (Å²) >= 11 is 6.21. The van der Waals surface area contributed by atoms with Gasteiger partial charge in [0.1, 0.15) is 5.82 Å². The van der Waals surface area contributed by atoms with Crippen LogP contribution in [-0.2, 0) is 18.8 Å². The van der Waals surface area contributed by atoms with Gasteiger partial charge in [-0.05, 0) is 49.6 Å². The van der Waals surface area contributed by atoms with Crippen molar-refractivity contribution >= 4 is 17.4 Å². The Hall–Kier alpha value is -2.68. The lowest BCUT2D eigenvalue weighted by Gasteiger charge is -2.15. The molecule has 1 aliphatic rings. The lowest BCUT2D eigenvalue weighted by atomic mass is 10.0. The number of rotatable bonds is 2. The quantitative estimate of drug-likeness (QED) is 0.419. The third kappa shape index (κ3) is 4.11. The number of hydrogen-bond acceptors (Lipinski definition) is 2. The van der Waals surface area contributed by atoms with E-state index in [1.165, 1.54) is 18.2 Å². The number of anilines is 1. The van der Waals surface area contributed by atoms with Gasteiger partial charge >= 0.3 is 12.4 Å². The Kier molecular flexibility index (Phi) is 5.41. The summed E-state index contributed by atoms with van der Waals surface area (Å²) in [6, 6.07) is 7.81. The summed E-state index contributed by atoms with van der Waals surface area (Å²) in [6.07, 6.45) is -7.33. The molecule has 0 unspecified atom stereocenters. The van der Waals surface area contributed by atoms with Gasteiger partial charge in [-0.1, -0.05) is 23.7 Å². The summed E-state index contributed by atoms with van der Waals surface area (Å²) in [5.41, 5.74) is -1.32. The fraction of sp³-hybridized carbons (Fsp3) is 0.286. The molecule has 0 fully saturated rings. The van der Waals surface area contributed by atoms with E-state index >= 15 is 0 Å². The number of benzene rings is 2. The highest BCUT2D eigenvalue weighted by Gasteiger charge is 2.36. The maximum absolute atomic E-state index is 13.6. The molecule has 0 bridgehead atoms. The summed E-state index contributed by atoms with van der Waals surface area (Å²) < 4.78 is 81.8. The molecule has 0 amide bonds. The molecule has 164 valence electrons. The molecule has 0 saturated carbocycles. The number of hydrogen-bond donors (Lipinski definition) is 1. The Morgan fingerprint density at radius 1 is 0.935 bits per heavy atom. The molecule has 10 heteroatoms. The lowest BCUT2D eigenvalue weighted by Crippen LogP contribution is -2.14. The molecule has 3 aromatic rings. The Balaban J connectivity index is 1.98. The van der Waals surface area contributed by atoms with Crippen molar-refractivity contribution in [2.75, 3.05) is 11.9 Å². The van der Waals surface area contributed by atoms with Crippen molar-refractivity contribution in [1.29, 1.82) is 0 Å². The van der Waals surface area contributed by atoms with Gasteiger partial charge in [-0.25, -0.2) is 4.68 Å². The first-order chi connectivity index (χ1) is 14.6. The van der Waals surface area contributed by atoms with Crippen molar-refractivity contribution in [2.45, 2.75) is 31.6 Å². The minimum absolute atomic E-state index is 0.0275. The zero-order valence-corrected chi connectivity index (χ0v) is 16.7. The molecule has 1 aliphatic heterocycles. The number of nitrogens with zero attached hydrogens (tertiary/aromatic N) is 2. The molecular formula is C21H16ClF6N3. The largest absolute Gasteiger partial charge is 0.418 e. The van der Waals surface area contributed by atoms with Crippen molar-refractivity contribution < 1.29 is 26.3 Å². The van der Waals surface area contributed by atoms with Crippen LogP contribution in [0.3, 0.4) is 0 Å². The summed E-state index contributed by atoms with van der Waals surface area (Å²) in [5.74, 6) is 0.331. The molecule has 1 N–H and O–H groups in total. The lowest BCUT2D eigenvalue weighted by molar-refractivity contribution is -0.138. The van der Waals surface area contributed by atoms with Crippen LogP contribution in [0.5, 0.6) is 0 Å². The minimum atomic E-state index is -4.63. The smallest absolute Gasteiger partial charge is 0.370 e. The van der Waals surface area contributed by atoms with Gasteiger partial charge in [0.2, 0.25) is 0 Å². The molecule has 0 aliphatic carbocycles. The maximum atomic E-state index is 13.6. The van der Waals surface area contributed by atoms with Crippen molar-refractivity contribution in [3.63, 3.8) is 0 Å². The van der Waals surface area contributed by atoms with E-state index in [-0.39, 0.29) is 22.0 Å². The SMILES string of the molecule is FC(F)(F)c1ccc(Cl)c(-c2nn(-c3ccccc3C(F)(F)F)c3c2CCCCN3)c1. The molecule has 3 nitrogen and oxygen atoms in total. The van der Waals surface area contributed by atoms with Gasteiger partial charge in [0.05, 0.1) is 27.5 Å². The van der Waals surface area contributed by atoms with E-state index in [9.17, 15) is 26.3 Å². The van der Waals surface area contributed by atoms with E-state index in [0.717, 1.165) is 35.4 Å². The number of fused-ring (bicyclic) bond motifs is 1. The van der Waals surface area contributed by atoms with Gasteiger partial charge in [-0.2, -0.15) is 31.4 Å². The second-order valence-electron chi connectivity index (χ2n) is 7.18. The molecule has 2 heterocycles. The van der Waals surface area contributed by atoms with Crippen LogP contribution in [0.1, 0.15) is 29.5 Å². The minimum Gasteiger partial charge on any atom is -0.370 e. The van der Waals surface area contributed by atoms with Crippen LogP contribution >= 0.6 is 11.6 Å². The number of alkyl halides is 6. The summed E-state index contributed by atoms with van der Waals surface area (Å²) in [6.45, 7) is 0.503. The number of para-hydroxylation sites is 1. The molecule has 0 spiro atoms. The zero-order valence-electron chi connectivity index (χ0n) is 15.9. The van der Waals surface area contributed by atoms with Crippen molar-refractivity contribution in [3.8, 4) is 16.9 Å². The Morgan fingerprint density at radius 2 is 1.68 bits per heavy atom. The first-order valence-corrected chi connectivity index (χ1v) is 9.84. The van der Waals surface area contributed by atoms with E-state index in [1.54, 1.807) is 0 Å². The molecule has 0 radical (unpaired) electrons. The van der Waals surface area contributed by atoms with Crippen molar-refractivity contribution in [2.24, 2.45) is 0 Å². The molecular weight excluding hydrogens is 444 g/mol. The third-order valence-corrected chi connectivity index (χ3v) is 5.45. The molecule has 0 atom stereocenters. The van der Waals surface area contributed by atoms with E-state index in [2.05, 4.69) is 10.4 Å². The average Bonchev–Trinajstić information content (AvgIpc) is 2.88. The standard InChI is InChI=1S/C21H16ClF6N3/c22-16-9-8-12(20(23,24)25)11-14(16)18-13-5-3-4-10-29-19(13)31(30-18)17-7-2-1-6-15(17)21(26,27)28/h1-2,6-9,11,29H,3-5,10H2. The van der Waals surface area contributed by atoms with Crippen LogP contribution < -0.4 is 5.32 Å². The monoisotopic (exact) mass is 459 g/mol. The van der Waals surface area contributed by atoms with E-state index in [1.807, 2.05) is 0 Å². The van der Waals surface area contributed by atoms with Gasteiger partial charge in [-0.15, -0.1) is 0 Å². The molecule has 1 aromatic heterocycles. The van der Waals surface area contributed by atoms with Crippen LogP contribution in [0.2, 0.25) is 5.02 Å². The van der Waals surface area contributed by atoms with Crippen LogP contribution in [-0.4, -0.2) is 16.3 Å². The summed E-state index contributed by atoms with van der Waals surface area (Å²) in [4.78, 5) is 0. The summed E-state index contributed by atoms with van der Waals surface area (Å²) in [5, 5.41) is 7.46. The molecule has 31 heavy (non-hydrogen) atoms. The topological polar surface area (TPSA) is 29.9 Å². The van der Waals surface area contributed by atoms with E-state index < -0.39 is 23.5 Å². The second kappa shape index (κ2) is 7.78. The third-order valence-electron chi connectivity index (χ3n) is 5.12. The van der Waals surface area contributed by atoms with Gasteiger partial charge in [-0.3, -0.25) is 0 Å². The van der Waals surface area contributed by atoms with Crippen LogP contribution in [0.15, 0.2) is 42.5 Å². The first-order valence-electron chi connectivity index (χ1n) is 9.47. The predicted octanol–water partition coefficient (Wildman–Crippen LogP) is 6.98. The maximum Gasteiger partial charge on any atom is 0.418 e. The van der Waals surface area contributed by atoms with E-state index in [4.69, 9.17) is 11.6 Å². The predicted molar refractivity (Wildman–Crippen MR) is 105 cm³/mol. The van der Waals surface area contributed by atoms with Gasteiger partial charge < -0.3 is 5.32 Å². The second-order valence-corrected chi connectivity index (χ2v) is 7.59.